The Morgan fingerprint density at radius 3 is 2.70 bits per heavy atom. The molecule has 3 heterocycles. The zero-order chi connectivity index (χ0) is 20.1. The van der Waals surface area contributed by atoms with Gasteiger partial charge in [0.25, 0.3) is 5.91 Å². The van der Waals surface area contributed by atoms with E-state index >= 15 is 0 Å². The van der Waals surface area contributed by atoms with Gasteiger partial charge in [-0.05, 0) is 37.6 Å². The number of aliphatic imine (C=N–C) groups is 1. The second-order valence-corrected chi connectivity index (χ2v) is 9.47. The van der Waals surface area contributed by atoms with Gasteiger partial charge in [-0.15, -0.1) is 0 Å². The standard InChI is InChI=1S/C16H19N5O5S/c1-16(2)11(14(23)24)21-12(22)10(13(21)27(16,25)26)6-9-5-8(3-4-19-9)7-20-15(17)18/h3-6,11,13H,7H2,1-2H3,(H,23,24)(H4,17,18,20)/t11-,13+/m0/s1. The average molecular weight is 393 g/mol. The molecule has 2 aliphatic rings. The van der Waals surface area contributed by atoms with Gasteiger partial charge in [0.2, 0.25) is 0 Å². The van der Waals surface area contributed by atoms with E-state index in [2.05, 4.69) is 9.98 Å². The molecule has 0 aromatic carbocycles. The number of carboxylic acid groups (broad SMARTS) is 1. The average Bonchev–Trinajstić information content (AvgIpc) is 2.72. The van der Waals surface area contributed by atoms with Gasteiger partial charge in [-0.3, -0.25) is 9.78 Å². The number of fused-ring (bicyclic) bond motifs is 1. The van der Waals surface area contributed by atoms with Gasteiger partial charge >= 0.3 is 5.97 Å². The lowest BCUT2D eigenvalue weighted by Crippen LogP contribution is -2.58. The zero-order valence-electron chi connectivity index (χ0n) is 14.7. The third-order valence-electron chi connectivity index (χ3n) is 4.79. The predicted molar refractivity (Wildman–Crippen MR) is 96.8 cm³/mol. The van der Waals surface area contributed by atoms with Gasteiger partial charge in [0.1, 0.15) is 4.75 Å². The van der Waals surface area contributed by atoms with Crippen molar-refractivity contribution < 1.29 is 23.1 Å². The largest absolute Gasteiger partial charge is 0.480 e. The van der Waals surface area contributed by atoms with Crippen molar-refractivity contribution in [3.63, 3.8) is 0 Å². The Bertz CT molecular complexity index is 994. The minimum absolute atomic E-state index is 0.00156. The van der Waals surface area contributed by atoms with Gasteiger partial charge in [0.05, 0.1) is 17.8 Å². The first kappa shape index (κ1) is 18.8. The van der Waals surface area contributed by atoms with Crippen LogP contribution in [0.15, 0.2) is 28.9 Å². The zero-order valence-corrected chi connectivity index (χ0v) is 15.5. The van der Waals surface area contributed by atoms with E-state index in [-0.39, 0.29) is 18.1 Å². The smallest absolute Gasteiger partial charge is 0.328 e. The number of carbonyl (C=O) groups is 2. The van der Waals surface area contributed by atoms with Crippen LogP contribution in [0, 0.1) is 0 Å². The lowest BCUT2D eigenvalue weighted by atomic mass is 9.95. The number of aliphatic carboxylic acids is 1. The van der Waals surface area contributed by atoms with Crippen molar-refractivity contribution >= 4 is 33.7 Å². The topological polar surface area (TPSA) is 169 Å². The molecular weight excluding hydrogens is 374 g/mol. The summed E-state index contributed by atoms with van der Waals surface area (Å²) in [6.45, 7) is 2.84. The van der Waals surface area contributed by atoms with Crippen LogP contribution in [-0.4, -0.2) is 57.4 Å². The molecule has 0 bridgehead atoms. The number of hydrogen-bond donors (Lipinski definition) is 3. The molecule has 1 aromatic heterocycles. The molecular formula is C16H19N5O5S. The number of aromatic nitrogens is 1. The van der Waals surface area contributed by atoms with Crippen LogP contribution in [0.5, 0.6) is 0 Å². The summed E-state index contributed by atoms with van der Waals surface area (Å²) in [4.78, 5) is 32.9. The van der Waals surface area contributed by atoms with Crippen molar-refractivity contribution in [2.45, 2.75) is 36.6 Å². The molecule has 2 saturated heterocycles. The summed E-state index contributed by atoms with van der Waals surface area (Å²) in [7, 11) is -3.92. The number of sulfone groups is 1. The van der Waals surface area contributed by atoms with Gasteiger partial charge in [0.15, 0.2) is 27.2 Å². The Morgan fingerprint density at radius 2 is 2.11 bits per heavy atom. The first-order valence-corrected chi connectivity index (χ1v) is 9.54. The fourth-order valence-corrected chi connectivity index (χ4v) is 5.48. The number of rotatable bonds is 4. The van der Waals surface area contributed by atoms with E-state index in [1.54, 1.807) is 12.1 Å². The molecule has 0 unspecified atom stereocenters. The summed E-state index contributed by atoms with van der Waals surface area (Å²) in [5.41, 5.74) is 11.7. The van der Waals surface area contributed by atoms with Crippen molar-refractivity contribution in [1.82, 2.24) is 9.88 Å². The number of β-lactam (4-membered cyclic amide) rings is 1. The SMILES string of the molecule is CC1(C)[C@H](C(=O)O)N2C(=O)C(=Cc3cc(CN=C(N)N)ccn3)[C@H]2S1(=O)=O. The highest BCUT2D eigenvalue weighted by atomic mass is 32.2. The molecule has 5 N–H and O–H groups in total. The molecule has 0 radical (unpaired) electrons. The number of pyridine rings is 1. The number of carboxylic acids is 1. The first-order chi connectivity index (χ1) is 12.5. The van der Waals surface area contributed by atoms with Crippen LogP contribution in [-0.2, 0) is 26.0 Å². The molecule has 2 aliphatic heterocycles. The molecule has 10 nitrogen and oxygen atoms in total. The van der Waals surface area contributed by atoms with E-state index in [4.69, 9.17) is 11.5 Å². The van der Waals surface area contributed by atoms with Crippen molar-refractivity contribution in [1.29, 1.82) is 0 Å². The molecule has 144 valence electrons. The first-order valence-electron chi connectivity index (χ1n) is 7.99. The summed E-state index contributed by atoms with van der Waals surface area (Å²) in [5, 5.41) is 8.13. The maximum atomic E-state index is 12.8. The van der Waals surface area contributed by atoms with E-state index in [0.717, 1.165) is 4.90 Å². The molecule has 1 amide bonds. The molecule has 2 fully saturated rings. The van der Waals surface area contributed by atoms with E-state index in [0.29, 0.717) is 11.3 Å². The molecule has 3 rings (SSSR count). The second-order valence-electron chi connectivity index (χ2n) is 6.88. The molecule has 0 aliphatic carbocycles. The van der Waals surface area contributed by atoms with Crippen molar-refractivity contribution in [2.75, 3.05) is 0 Å². The van der Waals surface area contributed by atoms with Crippen LogP contribution in [0.4, 0.5) is 0 Å². The Labute approximate surface area is 155 Å². The quantitative estimate of drug-likeness (QED) is 0.255. The van der Waals surface area contributed by atoms with E-state index in [1.165, 1.54) is 26.1 Å². The number of guanidine groups is 1. The molecule has 27 heavy (non-hydrogen) atoms. The monoisotopic (exact) mass is 393 g/mol. The van der Waals surface area contributed by atoms with E-state index < -0.39 is 37.9 Å². The minimum Gasteiger partial charge on any atom is -0.480 e. The summed E-state index contributed by atoms with van der Waals surface area (Å²) in [5.74, 6) is -2.05. The van der Waals surface area contributed by atoms with Crippen LogP contribution in [0.25, 0.3) is 6.08 Å². The van der Waals surface area contributed by atoms with Crippen molar-refractivity contribution in [3.8, 4) is 0 Å². The minimum atomic E-state index is -3.92. The van der Waals surface area contributed by atoms with Crippen molar-refractivity contribution in [2.24, 2.45) is 16.5 Å². The second kappa shape index (κ2) is 6.05. The molecule has 2 atom stereocenters. The Kier molecular flexibility index (Phi) is 4.22. The van der Waals surface area contributed by atoms with Gasteiger partial charge in [-0.25, -0.2) is 18.2 Å². The highest BCUT2D eigenvalue weighted by Gasteiger charge is 2.70. The molecule has 1 aromatic rings. The Hall–Kier alpha value is -2.95. The molecule has 0 spiro atoms. The van der Waals surface area contributed by atoms with Crippen LogP contribution < -0.4 is 11.5 Å². The lowest BCUT2D eigenvalue weighted by Gasteiger charge is -2.37. The third kappa shape index (κ3) is 2.74. The maximum absolute atomic E-state index is 12.8. The summed E-state index contributed by atoms with van der Waals surface area (Å²) in [6.07, 6.45) is 2.85. The van der Waals surface area contributed by atoms with Crippen LogP contribution >= 0.6 is 0 Å². The van der Waals surface area contributed by atoms with Crippen LogP contribution in [0.2, 0.25) is 0 Å². The Morgan fingerprint density at radius 1 is 1.44 bits per heavy atom. The number of amides is 1. The van der Waals surface area contributed by atoms with Gasteiger partial charge < -0.3 is 21.5 Å². The fraction of sp³-hybridized carbons (Fsp3) is 0.375. The van der Waals surface area contributed by atoms with E-state index in [9.17, 15) is 23.1 Å². The maximum Gasteiger partial charge on any atom is 0.328 e. The number of carbonyl (C=O) groups excluding carboxylic acids is 1. The van der Waals surface area contributed by atoms with Gasteiger partial charge in [0, 0.05) is 6.20 Å². The predicted octanol–water partition coefficient (Wildman–Crippen LogP) is -0.933. The molecule has 11 heteroatoms. The normalized spacial score (nSPS) is 26.4. The van der Waals surface area contributed by atoms with Gasteiger partial charge in [-0.2, -0.15) is 0 Å². The summed E-state index contributed by atoms with van der Waals surface area (Å²) in [6, 6.07) is 1.87. The Balaban J connectivity index is 1.99. The summed E-state index contributed by atoms with van der Waals surface area (Å²) >= 11 is 0. The number of hydrogen-bond acceptors (Lipinski definition) is 6. The summed E-state index contributed by atoms with van der Waals surface area (Å²) < 4.78 is 24.0. The number of nitrogens with two attached hydrogens (primary N) is 2. The fourth-order valence-electron chi connectivity index (χ4n) is 3.36. The third-order valence-corrected chi connectivity index (χ3v) is 7.55. The lowest BCUT2D eigenvalue weighted by molar-refractivity contribution is -0.152. The molecule has 0 saturated carbocycles. The van der Waals surface area contributed by atoms with Crippen molar-refractivity contribution in [3.05, 3.63) is 35.2 Å². The van der Waals surface area contributed by atoms with Gasteiger partial charge in [-0.1, -0.05) is 0 Å². The van der Waals surface area contributed by atoms with E-state index in [1.807, 2.05) is 0 Å². The van der Waals surface area contributed by atoms with Crippen LogP contribution in [0.1, 0.15) is 25.1 Å². The van der Waals surface area contributed by atoms with Crippen LogP contribution in [0.3, 0.4) is 0 Å². The number of nitrogens with zero attached hydrogens (tertiary/aromatic N) is 3. The highest BCUT2D eigenvalue weighted by molar-refractivity contribution is 7.94. The highest BCUT2D eigenvalue weighted by Crippen LogP contribution is 2.48.